The van der Waals surface area contributed by atoms with E-state index in [-0.39, 0.29) is 22.5 Å². The first kappa shape index (κ1) is 27.2. The molecule has 3 aromatic rings. The molecule has 0 unspecified atom stereocenters. The van der Waals surface area contributed by atoms with E-state index in [2.05, 4.69) is 25.9 Å². The van der Waals surface area contributed by atoms with E-state index in [9.17, 15) is 14.7 Å². The number of aromatic nitrogens is 2. The van der Waals surface area contributed by atoms with Gasteiger partial charge in [-0.15, -0.1) is 0 Å². The van der Waals surface area contributed by atoms with Gasteiger partial charge in [0.1, 0.15) is 23.6 Å². The van der Waals surface area contributed by atoms with Crippen LogP contribution in [0.4, 0.5) is 34.5 Å². The van der Waals surface area contributed by atoms with Gasteiger partial charge < -0.3 is 30.2 Å². The number of hydrogen-bond donors (Lipinski definition) is 3. The fraction of sp³-hybridized carbons (Fsp3) is 0.304. The molecule has 36 heavy (non-hydrogen) atoms. The lowest BCUT2D eigenvalue weighted by Gasteiger charge is -2.17. The van der Waals surface area contributed by atoms with Gasteiger partial charge in [0, 0.05) is 30.5 Å². The standard InChI is InChI=1S/C23H29ClN7O4P/c1-30(2)11-10-25-17-13-20(35-3)18(12-19(17)31(32)33)28-23-26-14-15(24)22(29-23)27-16-8-6-7-9-21(16)36(4,5)34/h6-9,12-14,25H,10-11H2,1-5H3,(H2,26,27,28,29). The third-order valence-corrected chi connectivity index (χ3v) is 6.94. The minimum absolute atomic E-state index is 0.125. The van der Waals surface area contributed by atoms with E-state index in [0.717, 1.165) is 0 Å². The third kappa shape index (κ3) is 6.84. The number of rotatable bonds is 11. The van der Waals surface area contributed by atoms with Crippen LogP contribution in [0.25, 0.3) is 0 Å². The molecule has 1 aromatic heterocycles. The fourth-order valence-corrected chi connectivity index (χ4v) is 4.65. The monoisotopic (exact) mass is 533 g/mol. The summed E-state index contributed by atoms with van der Waals surface area (Å²) in [6.45, 7) is 4.58. The van der Waals surface area contributed by atoms with E-state index >= 15 is 0 Å². The number of anilines is 5. The Labute approximate surface area is 214 Å². The number of nitrogens with one attached hydrogen (secondary N) is 3. The highest BCUT2D eigenvalue weighted by atomic mass is 35.5. The van der Waals surface area contributed by atoms with E-state index in [4.69, 9.17) is 16.3 Å². The molecule has 3 N–H and O–H groups in total. The Morgan fingerprint density at radius 1 is 1.14 bits per heavy atom. The van der Waals surface area contributed by atoms with Gasteiger partial charge >= 0.3 is 0 Å². The van der Waals surface area contributed by atoms with Crippen molar-refractivity contribution in [3.8, 4) is 5.75 Å². The molecule has 0 saturated carbocycles. The second-order valence-corrected chi connectivity index (χ2v) is 12.2. The van der Waals surface area contributed by atoms with Crippen LogP contribution in [0.1, 0.15) is 0 Å². The molecule has 0 saturated heterocycles. The zero-order chi connectivity index (χ0) is 26.5. The van der Waals surface area contributed by atoms with Crippen molar-refractivity contribution in [3.05, 3.63) is 57.7 Å². The van der Waals surface area contributed by atoms with Gasteiger partial charge in [0.2, 0.25) is 5.95 Å². The molecule has 0 aliphatic rings. The number of hydrogen-bond acceptors (Lipinski definition) is 10. The smallest absolute Gasteiger partial charge is 0.294 e. The number of halogens is 1. The number of nitrogens with zero attached hydrogens (tertiary/aromatic N) is 4. The van der Waals surface area contributed by atoms with Gasteiger partial charge in [0.15, 0.2) is 5.82 Å². The van der Waals surface area contributed by atoms with Crippen molar-refractivity contribution in [2.45, 2.75) is 0 Å². The largest absolute Gasteiger partial charge is 0.494 e. The van der Waals surface area contributed by atoms with Crippen LogP contribution in [0.3, 0.4) is 0 Å². The molecule has 0 atom stereocenters. The van der Waals surface area contributed by atoms with Crippen LogP contribution in [0, 0.1) is 10.1 Å². The Balaban J connectivity index is 1.93. The Bertz CT molecular complexity index is 1300. The quantitative estimate of drug-likeness (QED) is 0.180. The maximum Gasteiger partial charge on any atom is 0.294 e. The third-order valence-electron chi connectivity index (χ3n) is 5.12. The number of para-hydroxylation sites is 1. The molecular formula is C23H29ClN7O4P. The average Bonchev–Trinajstić information content (AvgIpc) is 2.81. The van der Waals surface area contributed by atoms with E-state index < -0.39 is 12.1 Å². The lowest BCUT2D eigenvalue weighted by Crippen LogP contribution is -2.21. The summed E-state index contributed by atoms with van der Waals surface area (Å²) in [6.07, 6.45) is 1.40. The van der Waals surface area contributed by atoms with Gasteiger partial charge in [0.25, 0.3) is 5.69 Å². The summed E-state index contributed by atoms with van der Waals surface area (Å²) in [6, 6.07) is 10.1. The van der Waals surface area contributed by atoms with Crippen molar-refractivity contribution in [1.82, 2.24) is 14.9 Å². The molecule has 0 fully saturated rings. The predicted molar refractivity (Wildman–Crippen MR) is 146 cm³/mol. The van der Waals surface area contributed by atoms with Crippen LogP contribution in [-0.2, 0) is 4.57 Å². The molecular weight excluding hydrogens is 505 g/mol. The molecule has 0 spiro atoms. The summed E-state index contributed by atoms with van der Waals surface area (Å²) in [7, 11) is 2.73. The molecule has 0 radical (unpaired) electrons. The van der Waals surface area contributed by atoms with E-state index in [1.54, 1.807) is 31.5 Å². The number of likely N-dealkylation sites (N-methyl/N-ethyl adjacent to an activating group) is 1. The number of ether oxygens (including phenoxy) is 1. The Kier molecular flexibility index (Phi) is 8.73. The van der Waals surface area contributed by atoms with E-state index in [1.807, 2.05) is 31.1 Å². The summed E-state index contributed by atoms with van der Waals surface area (Å²) in [5.74, 6) is 0.784. The van der Waals surface area contributed by atoms with Crippen LogP contribution in [0.15, 0.2) is 42.6 Å². The van der Waals surface area contributed by atoms with E-state index in [0.29, 0.717) is 41.2 Å². The van der Waals surface area contributed by atoms with Crippen LogP contribution >= 0.6 is 18.7 Å². The van der Waals surface area contributed by atoms with Gasteiger partial charge in [-0.3, -0.25) is 10.1 Å². The van der Waals surface area contributed by atoms with Crippen molar-refractivity contribution in [2.24, 2.45) is 0 Å². The summed E-state index contributed by atoms with van der Waals surface area (Å²) < 4.78 is 18.2. The summed E-state index contributed by atoms with van der Waals surface area (Å²) in [4.78, 5) is 21.9. The average molecular weight is 534 g/mol. The number of nitro benzene ring substituents is 1. The van der Waals surface area contributed by atoms with Crippen molar-refractivity contribution in [2.75, 3.05) is 63.6 Å². The highest BCUT2D eigenvalue weighted by molar-refractivity contribution is 7.70. The first-order valence-electron chi connectivity index (χ1n) is 11.0. The molecule has 13 heteroatoms. The number of methoxy groups -OCH3 is 1. The van der Waals surface area contributed by atoms with Gasteiger partial charge in [-0.25, -0.2) is 4.98 Å². The molecule has 0 amide bonds. The van der Waals surface area contributed by atoms with Crippen molar-refractivity contribution < 1.29 is 14.2 Å². The fourth-order valence-electron chi connectivity index (χ4n) is 3.35. The maximum absolute atomic E-state index is 12.7. The Hall–Kier alpha value is -3.40. The molecule has 1 heterocycles. The van der Waals surface area contributed by atoms with Gasteiger partial charge in [-0.1, -0.05) is 23.7 Å². The normalized spacial score (nSPS) is 11.3. The minimum Gasteiger partial charge on any atom is -0.494 e. The minimum atomic E-state index is -2.57. The molecule has 192 valence electrons. The molecule has 11 nitrogen and oxygen atoms in total. The molecule has 0 aliphatic carbocycles. The van der Waals surface area contributed by atoms with Crippen LogP contribution in [-0.4, -0.2) is 67.4 Å². The SMILES string of the molecule is COc1cc(NCCN(C)C)c([N+](=O)[O-])cc1Nc1ncc(Cl)c(Nc2ccccc2P(C)(C)=O)n1. The highest BCUT2D eigenvalue weighted by Gasteiger charge is 2.21. The molecule has 0 bridgehead atoms. The second kappa shape index (κ2) is 11.6. The zero-order valence-electron chi connectivity index (χ0n) is 20.7. The predicted octanol–water partition coefficient (Wildman–Crippen LogP) is 4.76. The first-order chi connectivity index (χ1) is 17.0. The Morgan fingerprint density at radius 2 is 1.86 bits per heavy atom. The number of nitro groups is 1. The number of benzene rings is 2. The van der Waals surface area contributed by atoms with Crippen molar-refractivity contribution >= 4 is 58.6 Å². The molecule has 0 aliphatic heterocycles. The molecule has 3 rings (SSSR count). The lowest BCUT2D eigenvalue weighted by atomic mass is 10.2. The summed E-state index contributed by atoms with van der Waals surface area (Å²) >= 11 is 6.32. The van der Waals surface area contributed by atoms with Gasteiger partial charge in [-0.2, -0.15) is 4.98 Å². The zero-order valence-corrected chi connectivity index (χ0v) is 22.4. The van der Waals surface area contributed by atoms with Crippen molar-refractivity contribution in [1.29, 1.82) is 0 Å². The van der Waals surface area contributed by atoms with Crippen LogP contribution in [0.5, 0.6) is 5.75 Å². The van der Waals surface area contributed by atoms with Gasteiger partial charge in [-0.05, 0) is 39.6 Å². The van der Waals surface area contributed by atoms with Crippen molar-refractivity contribution in [3.63, 3.8) is 0 Å². The summed E-state index contributed by atoms with van der Waals surface area (Å²) in [5, 5.41) is 21.8. The first-order valence-corrected chi connectivity index (χ1v) is 13.9. The second-order valence-electron chi connectivity index (χ2n) is 8.56. The summed E-state index contributed by atoms with van der Waals surface area (Å²) in [5.41, 5.74) is 1.13. The van der Waals surface area contributed by atoms with Crippen LogP contribution < -0.4 is 26.0 Å². The topological polar surface area (TPSA) is 135 Å². The van der Waals surface area contributed by atoms with E-state index in [1.165, 1.54) is 19.4 Å². The van der Waals surface area contributed by atoms with Crippen LogP contribution in [0.2, 0.25) is 5.02 Å². The maximum atomic E-state index is 12.7. The lowest BCUT2D eigenvalue weighted by molar-refractivity contribution is -0.383. The highest BCUT2D eigenvalue weighted by Crippen LogP contribution is 2.39. The Morgan fingerprint density at radius 3 is 2.50 bits per heavy atom. The van der Waals surface area contributed by atoms with Gasteiger partial charge in [0.05, 0.1) is 29.6 Å². The molecule has 2 aromatic carbocycles.